The maximum absolute atomic E-state index is 13.7. The minimum absolute atomic E-state index is 0.149. The summed E-state index contributed by atoms with van der Waals surface area (Å²) in [4.78, 5) is 20.5. The number of benzene rings is 2. The zero-order valence-electron chi connectivity index (χ0n) is 22.2. The second kappa shape index (κ2) is 9.53. The number of likely N-dealkylation sites (N-methyl/N-ethyl adjacent to an activating group) is 1. The molecule has 39 heavy (non-hydrogen) atoms. The van der Waals surface area contributed by atoms with Crippen molar-refractivity contribution in [3.8, 4) is 17.0 Å². The molecule has 0 bridgehead atoms. The molecule has 1 atom stereocenters. The van der Waals surface area contributed by atoms with Gasteiger partial charge in [0, 0.05) is 44.3 Å². The van der Waals surface area contributed by atoms with Gasteiger partial charge in [0.15, 0.2) is 0 Å². The van der Waals surface area contributed by atoms with Crippen LogP contribution in [0.1, 0.15) is 47.3 Å². The summed E-state index contributed by atoms with van der Waals surface area (Å²) < 4.78 is 33.1. The van der Waals surface area contributed by atoms with Gasteiger partial charge in [0.2, 0.25) is 0 Å². The normalized spacial score (nSPS) is 20.2. The standard InChI is InChI=1S/C29H31F2N5O2Si/c1-18-5-6-20(38-17-29(39)10-13-35(29)2)16-22(18)26(37)33-28(8-9-28)23-14-19(15-25-21(23)4-3-11-32-25)24-7-12-36(34-24)27(30)31/h3-7,11-12,14-16,27H,8-10,13,17H2,1-2,39H3,(H,33,37)/t29-/m0/s1. The average molecular weight is 548 g/mol. The van der Waals surface area contributed by atoms with Gasteiger partial charge in [-0.3, -0.25) is 9.78 Å². The Morgan fingerprint density at radius 3 is 2.67 bits per heavy atom. The number of rotatable bonds is 8. The minimum Gasteiger partial charge on any atom is -0.492 e. The van der Waals surface area contributed by atoms with Crippen LogP contribution in [0.2, 0.25) is 0 Å². The molecule has 2 aromatic heterocycles. The Hall–Kier alpha value is -3.63. The van der Waals surface area contributed by atoms with E-state index in [1.807, 2.05) is 49.4 Å². The molecular formula is C29H31F2N5O2Si. The summed E-state index contributed by atoms with van der Waals surface area (Å²) in [6, 6.07) is 14.9. The first-order valence-electron chi connectivity index (χ1n) is 13.2. The molecule has 2 aromatic carbocycles. The third-order valence-electron chi connectivity index (χ3n) is 8.35. The smallest absolute Gasteiger partial charge is 0.333 e. The molecule has 6 rings (SSSR count). The molecule has 0 radical (unpaired) electrons. The molecule has 1 aliphatic carbocycles. The van der Waals surface area contributed by atoms with Crippen LogP contribution in [0.25, 0.3) is 22.2 Å². The van der Waals surface area contributed by atoms with E-state index >= 15 is 0 Å². The molecule has 2 aliphatic rings. The van der Waals surface area contributed by atoms with E-state index < -0.39 is 12.1 Å². The first-order chi connectivity index (χ1) is 18.7. The summed E-state index contributed by atoms with van der Waals surface area (Å²) in [6.45, 7) is 0.923. The molecule has 2 fully saturated rings. The Morgan fingerprint density at radius 2 is 2.00 bits per heavy atom. The number of pyridine rings is 1. The lowest BCUT2D eigenvalue weighted by atomic mass is 9.95. The van der Waals surface area contributed by atoms with Crippen molar-refractivity contribution >= 4 is 27.1 Å². The molecule has 10 heteroatoms. The number of hydrogen-bond donors (Lipinski definition) is 1. The molecule has 1 amide bonds. The van der Waals surface area contributed by atoms with Crippen LogP contribution in [-0.2, 0) is 5.54 Å². The number of alkyl halides is 2. The fraction of sp³-hybridized carbons (Fsp3) is 0.345. The first-order valence-corrected chi connectivity index (χ1v) is 14.2. The molecule has 0 unspecified atom stereocenters. The van der Waals surface area contributed by atoms with Gasteiger partial charge in [-0.05, 0) is 87.3 Å². The monoisotopic (exact) mass is 547 g/mol. The molecule has 3 heterocycles. The largest absolute Gasteiger partial charge is 0.492 e. The number of nitrogens with zero attached hydrogens (tertiary/aromatic N) is 4. The van der Waals surface area contributed by atoms with Crippen molar-refractivity contribution in [1.82, 2.24) is 25.0 Å². The second-order valence-corrected chi connectivity index (χ2v) is 12.9. The van der Waals surface area contributed by atoms with Crippen molar-refractivity contribution in [3.05, 3.63) is 77.6 Å². The van der Waals surface area contributed by atoms with Crippen LogP contribution < -0.4 is 10.1 Å². The van der Waals surface area contributed by atoms with Gasteiger partial charge >= 0.3 is 6.55 Å². The lowest BCUT2D eigenvalue weighted by molar-refractivity contribution is 0.0408. The van der Waals surface area contributed by atoms with E-state index in [2.05, 4.69) is 27.3 Å². The number of hydrogen-bond acceptors (Lipinski definition) is 5. The summed E-state index contributed by atoms with van der Waals surface area (Å²) in [5, 5.41) is 8.41. The van der Waals surface area contributed by atoms with Gasteiger partial charge in [-0.25, -0.2) is 4.68 Å². The van der Waals surface area contributed by atoms with Crippen molar-refractivity contribution in [1.29, 1.82) is 0 Å². The van der Waals surface area contributed by atoms with E-state index in [1.54, 1.807) is 12.3 Å². The highest BCUT2D eigenvalue weighted by Crippen LogP contribution is 2.49. The predicted octanol–water partition coefficient (Wildman–Crippen LogP) is 4.00. The van der Waals surface area contributed by atoms with Crippen LogP contribution in [-0.4, -0.2) is 61.2 Å². The number of aryl methyl sites for hydroxylation is 1. The minimum atomic E-state index is -2.71. The van der Waals surface area contributed by atoms with E-state index in [1.165, 1.54) is 6.20 Å². The summed E-state index contributed by atoms with van der Waals surface area (Å²) >= 11 is 0. The van der Waals surface area contributed by atoms with Gasteiger partial charge in [-0.15, -0.1) is 0 Å². The number of ether oxygens (including phenoxy) is 1. The molecule has 1 saturated carbocycles. The number of amides is 1. The van der Waals surface area contributed by atoms with Crippen LogP contribution in [0, 0.1) is 6.92 Å². The lowest BCUT2D eigenvalue weighted by Crippen LogP contribution is -2.61. The van der Waals surface area contributed by atoms with Gasteiger partial charge in [-0.1, -0.05) is 12.1 Å². The zero-order valence-corrected chi connectivity index (χ0v) is 24.2. The van der Waals surface area contributed by atoms with E-state index in [0.29, 0.717) is 33.9 Å². The van der Waals surface area contributed by atoms with Gasteiger partial charge in [-0.2, -0.15) is 13.9 Å². The molecular weight excluding hydrogens is 516 g/mol. The van der Waals surface area contributed by atoms with Crippen molar-refractivity contribution in [2.45, 2.75) is 43.4 Å². The average Bonchev–Trinajstić information content (AvgIpc) is 3.53. The zero-order chi connectivity index (χ0) is 27.4. The summed E-state index contributed by atoms with van der Waals surface area (Å²) in [7, 11) is 3.14. The van der Waals surface area contributed by atoms with Crippen molar-refractivity contribution in [2.75, 3.05) is 20.2 Å². The highest BCUT2D eigenvalue weighted by Gasteiger charge is 2.47. The Morgan fingerprint density at radius 1 is 1.18 bits per heavy atom. The van der Waals surface area contributed by atoms with Gasteiger partial charge in [0.25, 0.3) is 5.91 Å². The van der Waals surface area contributed by atoms with Crippen LogP contribution in [0.5, 0.6) is 5.75 Å². The quantitative estimate of drug-likeness (QED) is 0.338. The van der Waals surface area contributed by atoms with Crippen LogP contribution >= 0.6 is 0 Å². The maximum atomic E-state index is 13.7. The molecule has 7 nitrogen and oxygen atoms in total. The number of likely N-dealkylation sites (tertiary alicyclic amines) is 1. The number of fused-ring (bicyclic) bond motifs is 1. The van der Waals surface area contributed by atoms with Crippen molar-refractivity contribution in [2.24, 2.45) is 0 Å². The first kappa shape index (κ1) is 25.6. The molecule has 202 valence electrons. The third kappa shape index (κ3) is 4.72. The fourth-order valence-corrected chi connectivity index (χ4v) is 5.86. The number of carbonyl (C=O) groups is 1. The Balaban J connectivity index is 1.29. The fourth-order valence-electron chi connectivity index (χ4n) is 5.27. The molecule has 4 aromatic rings. The topological polar surface area (TPSA) is 72.3 Å². The molecule has 1 N–H and O–H groups in total. The van der Waals surface area contributed by atoms with Crippen LogP contribution in [0.3, 0.4) is 0 Å². The highest BCUT2D eigenvalue weighted by atomic mass is 28.1. The number of nitrogens with one attached hydrogen (secondary N) is 1. The molecule has 1 aliphatic heterocycles. The van der Waals surface area contributed by atoms with Crippen LogP contribution in [0.15, 0.2) is 60.9 Å². The third-order valence-corrected chi connectivity index (χ3v) is 9.91. The summed E-state index contributed by atoms with van der Waals surface area (Å²) in [5.41, 5.74) is 3.63. The van der Waals surface area contributed by atoms with Gasteiger partial charge < -0.3 is 15.0 Å². The highest BCUT2D eigenvalue weighted by molar-refractivity contribution is 6.16. The van der Waals surface area contributed by atoms with E-state index in [4.69, 9.17) is 4.74 Å². The van der Waals surface area contributed by atoms with Gasteiger partial charge in [0.1, 0.15) is 12.4 Å². The number of halogens is 2. The van der Waals surface area contributed by atoms with Gasteiger partial charge in [0.05, 0.1) is 16.7 Å². The summed E-state index contributed by atoms with van der Waals surface area (Å²) in [5.74, 6) is 0.526. The predicted molar refractivity (Wildman–Crippen MR) is 149 cm³/mol. The van der Waals surface area contributed by atoms with Crippen LogP contribution in [0.4, 0.5) is 8.78 Å². The Labute approximate surface area is 228 Å². The maximum Gasteiger partial charge on any atom is 0.333 e. The summed E-state index contributed by atoms with van der Waals surface area (Å²) in [6.07, 6.45) is 5.64. The van der Waals surface area contributed by atoms with Crippen molar-refractivity contribution < 1.29 is 18.3 Å². The van der Waals surface area contributed by atoms with E-state index in [-0.39, 0.29) is 11.1 Å². The second-order valence-electron chi connectivity index (χ2n) is 11.0. The SMILES string of the molecule is Cc1ccc(OC[C@@]2([SiH3])CCN2C)cc1C(=O)NC1(c2cc(-c3ccn(C(F)F)n3)cc3ncccc23)CC1. The number of aromatic nitrogens is 3. The number of carbonyl (C=O) groups excluding carboxylic acids is 1. The molecule has 0 spiro atoms. The Bertz CT molecular complexity index is 1570. The molecule has 1 saturated heterocycles. The van der Waals surface area contributed by atoms with E-state index in [9.17, 15) is 13.6 Å². The van der Waals surface area contributed by atoms with Crippen molar-refractivity contribution in [3.63, 3.8) is 0 Å². The van der Waals surface area contributed by atoms with E-state index in [0.717, 1.165) is 58.1 Å². The lowest BCUT2D eigenvalue weighted by Gasteiger charge is -2.48. The Kier molecular flexibility index (Phi) is 6.26.